The summed E-state index contributed by atoms with van der Waals surface area (Å²) in [6.45, 7) is 9.92. The number of carbonyl (C=O) groups is 1. The molecule has 0 N–H and O–H groups in total. The van der Waals surface area contributed by atoms with Crippen LogP contribution < -0.4 is 0 Å². The molecule has 0 aromatic rings. The van der Waals surface area contributed by atoms with E-state index < -0.39 is 0 Å². The normalized spacial score (nSPS) is 11.6. The van der Waals surface area contributed by atoms with Crippen molar-refractivity contribution in [3.8, 4) is 0 Å². The molecule has 0 aliphatic carbocycles. The fourth-order valence-electron chi connectivity index (χ4n) is 4.92. The molecule has 0 rings (SSSR count). The highest BCUT2D eigenvalue weighted by molar-refractivity contribution is 5.69. The first-order valence-corrected chi connectivity index (χ1v) is 16.2. The molecule has 0 saturated heterocycles. The van der Waals surface area contributed by atoms with Crippen molar-refractivity contribution in [3.05, 3.63) is 0 Å². The Kier molecular flexibility index (Phi) is 27.6. The standard InChI is InChI=1S/C33H66O2/c1-31(2)27-23-19-15-11-8-6-5-7-9-13-17-21-25-29-33(34)35-30-26-22-18-14-10-12-16-20-24-28-32(3)4/h31-32H,5-30H2,1-4H3. The fourth-order valence-corrected chi connectivity index (χ4v) is 4.92. The minimum Gasteiger partial charge on any atom is -0.466 e. The summed E-state index contributed by atoms with van der Waals surface area (Å²) in [7, 11) is 0. The molecule has 0 heterocycles. The predicted octanol–water partition coefficient (Wildman–Crippen LogP) is 11.6. The zero-order valence-corrected chi connectivity index (χ0v) is 24.9. The lowest BCUT2D eigenvalue weighted by Crippen LogP contribution is -2.05. The Morgan fingerprint density at radius 3 is 1.06 bits per heavy atom. The van der Waals surface area contributed by atoms with E-state index in [1.807, 2.05) is 0 Å². The van der Waals surface area contributed by atoms with Crippen LogP contribution >= 0.6 is 0 Å². The third-order valence-electron chi connectivity index (χ3n) is 7.35. The highest BCUT2D eigenvalue weighted by atomic mass is 16.5. The van der Waals surface area contributed by atoms with Crippen LogP contribution in [0.15, 0.2) is 0 Å². The molecule has 35 heavy (non-hydrogen) atoms. The molecule has 2 heteroatoms. The van der Waals surface area contributed by atoms with Gasteiger partial charge in [0.25, 0.3) is 0 Å². The predicted molar refractivity (Wildman–Crippen MR) is 156 cm³/mol. The van der Waals surface area contributed by atoms with Crippen LogP contribution in [0, 0.1) is 11.8 Å². The van der Waals surface area contributed by atoms with Crippen molar-refractivity contribution in [2.45, 2.75) is 188 Å². The summed E-state index contributed by atoms with van der Waals surface area (Å²) in [4.78, 5) is 11.9. The fraction of sp³-hybridized carbons (Fsp3) is 0.970. The number of unbranched alkanes of at least 4 members (excludes halogenated alkanes) is 20. The maximum atomic E-state index is 11.9. The molecule has 0 amide bonds. The average molecular weight is 495 g/mol. The molecule has 0 aliphatic heterocycles. The maximum Gasteiger partial charge on any atom is 0.305 e. The number of rotatable bonds is 28. The van der Waals surface area contributed by atoms with Crippen LogP contribution in [-0.2, 0) is 9.53 Å². The van der Waals surface area contributed by atoms with E-state index in [4.69, 9.17) is 4.74 Å². The van der Waals surface area contributed by atoms with E-state index in [0.29, 0.717) is 13.0 Å². The van der Waals surface area contributed by atoms with Crippen molar-refractivity contribution >= 4 is 5.97 Å². The van der Waals surface area contributed by atoms with E-state index in [-0.39, 0.29) is 5.97 Å². The van der Waals surface area contributed by atoms with Crippen LogP contribution in [-0.4, -0.2) is 12.6 Å². The SMILES string of the molecule is CC(C)CCCCCCCCCCCCCCCC(=O)OCCCCCCCCCCCC(C)C. The number of ether oxygens (including phenoxy) is 1. The van der Waals surface area contributed by atoms with Gasteiger partial charge in [-0.05, 0) is 24.7 Å². The van der Waals surface area contributed by atoms with E-state index >= 15 is 0 Å². The van der Waals surface area contributed by atoms with Crippen molar-refractivity contribution < 1.29 is 9.53 Å². The van der Waals surface area contributed by atoms with Gasteiger partial charge in [0.2, 0.25) is 0 Å². The second-order valence-corrected chi connectivity index (χ2v) is 12.1. The van der Waals surface area contributed by atoms with Crippen LogP contribution in [0.5, 0.6) is 0 Å². The van der Waals surface area contributed by atoms with E-state index in [9.17, 15) is 4.79 Å². The summed E-state index contributed by atoms with van der Waals surface area (Å²) in [5, 5.41) is 0. The second kappa shape index (κ2) is 28.0. The molecule has 0 bridgehead atoms. The average Bonchev–Trinajstić information content (AvgIpc) is 2.81. The zero-order valence-electron chi connectivity index (χ0n) is 24.9. The van der Waals surface area contributed by atoms with Gasteiger partial charge in [-0.2, -0.15) is 0 Å². The minimum atomic E-state index is 0.0237. The summed E-state index contributed by atoms with van der Waals surface area (Å²) in [6, 6.07) is 0. The summed E-state index contributed by atoms with van der Waals surface area (Å²) >= 11 is 0. The Hall–Kier alpha value is -0.530. The van der Waals surface area contributed by atoms with E-state index in [0.717, 1.165) is 24.7 Å². The smallest absolute Gasteiger partial charge is 0.305 e. The molecule has 210 valence electrons. The van der Waals surface area contributed by atoms with Crippen molar-refractivity contribution in [2.75, 3.05) is 6.61 Å². The van der Waals surface area contributed by atoms with E-state index in [1.54, 1.807) is 0 Å². The van der Waals surface area contributed by atoms with Crippen molar-refractivity contribution in [1.29, 1.82) is 0 Å². The quantitative estimate of drug-likeness (QED) is 0.0798. The molecule has 0 aliphatic rings. The van der Waals surface area contributed by atoms with Gasteiger partial charge in [0, 0.05) is 6.42 Å². The van der Waals surface area contributed by atoms with Gasteiger partial charge >= 0.3 is 5.97 Å². The monoisotopic (exact) mass is 495 g/mol. The van der Waals surface area contributed by atoms with Crippen LogP contribution in [0.2, 0.25) is 0 Å². The molecule has 0 unspecified atom stereocenters. The Bertz CT molecular complexity index is 415. The van der Waals surface area contributed by atoms with Crippen LogP contribution in [0.4, 0.5) is 0 Å². The number of hydrogen-bond acceptors (Lipinski definition) is 2. The molecule has 0 aromatic carbocycles. The lowest BCUT2D eigenvalue weighted by atomic mass is 10.0. The summed E-state index contributed by atoms with van der Waals surface area (Å²) in [5.41, 5.74) is 0. The molecule has 0 aromatic heterocycles. The molecule has 0 radical (unpaired) electrons. The highest BCUT2D eigenvalue weighted by Gasteiger charge is 2.03. The van der Waals surface area contributed by atoms with Gasteiger partial charge in [-0.15, -0.1) is 0 Å². The Morgan fingerprint density at radius 2 is 0.714 bits per heavy atom. The Balaban J connectivity index is 3.16. The van der Waals surface area contributed by atoms with Crippen LogP contribution in [0.25, 0.3) is 0 Å². The largest absolute Gasteiger partial charge is 0.466 e. The molecule has 0 fully saturated rings. The molecule has 2 nitrogen and oxygen atoms in total. The lowest BCUT2D eigenvalue weighted by Gasteiger charge is -2.06. The molecule has 0 spiro atoms. The first-order chi connectivity index (χ1) is 17.0. The number of carbonyl (C=O) groups excluding carboxylic acids is 1. The molecular weight excluding hydrogens is 428 g/mol. The van der Waals surface area contributed by atoms with Gasteiger partial charge in [0.05, 0.1) is 6.61 Å². The first kappa shape index (κ1) is 34.5. The Labute approximate surface area is 222 Å². The molecular formula is C33H66O2. The zero-order chi connectivity index (χ0) is 25.8. The summed E-state index contributed by atoms with van der Waals surface area (Å²) < 4.78 is 5.42. The minimum absolute atomic E-state index is 0.0237. The molecule has 0 saturated carbocycles. The highest BCUT2D eigenvalue weighted by Crippen LogP contribution is 2.15. The second-order valence-electron chi connectivity index (χ2n) is 12.1. The van der Waals surface area contributed by atoms with Gasteiger partial charge in [0.1, 0.15) is 0 Å². The summed E-state index contributed by atoms with van der Waals surface area (Å²) in [6.07, 6.45) is 32.9. The van der Waals surface area contributed by atoms with Gasteiger partial charge < -0.3 is 4.74 Å². The first-order valence-electron chi connectivity index (χ1n) is 16.2. The van der Waals surface area contributed by atoms with Gasteiger partial charge in [0.15, 0.2) is 0 Å². The van der Waals surface area contributed by atoms with Crippen molar-refractivity contribution in [3.63, 3.8) is 0 Å². The third-order valence-corrected chi connectivity index (χ3v) is 7.35. The third kappa shape index (κ3) is 31.4. The van der Waals surface area contributed by atoms with Crippen molar-refractivity contribution in [1.82, 2.24) is 0 Å². The van der Waals surface area contributed by atoms with E-state index in [2.05, 4.69) is 27.7 Å². The van der Waals surface area contributed by atoms with Gasteiger partial charge in [-0.25, -0.2) is 0 Å². The van der Waals surface area contributed by atoms with Gasteiger partial charge in [-0.1, -0.05) is 169 Å². The van der Waals surface area contributed by atoms with Gasteiger partial charge in [-0.3, -0.25) is 4.79 Å². The topological polar surface area (TPSA) is 26.3 Å². The van der Waals surface area contributed by atoms with E-state index in [1.165, 1.54) is 141 Å². The summed E-state index contributed by atoms with van der Waals surface area (Å²) in [5.74, 6) is 1.76. The van der Waals surface area contributed by atoms with Crippen LogP contribution in [0.1, 0.15) is 188 Å². The molecule has 0 atom stereocenters. The maximum absolute atomic E-state index is 11.9. The Morgan fingerprint density at radius 1 is 0.429 bits per heavy atom. The van der Waals surface area contributed by atoms with Crippen molar-refractivity contribution in [2.24, 2.45) is 11.8 Å². The van der Waals surface area contributed by atoms with Crippen LogP contribution in [0.3, 0.4) is 0 Å². The number of hydrogen-bond donors (Lipinski definition) is 0. The lowest BCUT2D eigenvalue weighted by molar-refractivity contribution is -0.143. The number of esters is 1.